The monoisotopic (exact) mass is 368 g/mol. The summed E-state index contributed by atoms with van der Waals surface area (Å²) in [5.41, 5.74) is 1.86. The van der Waals surface area contributed by atoms with Crippen molar-refractivity contribution in [3.8, 4) is 0 Å². The lowest BCUT2D eigenvalue weighted by Crippen LogP contribution is -2.36. The third kappa shape index (κ3) is 6.64. The first-order valence-corrected chi connectivity index (χ1v) is 10.3. The fourth-order valence-electron chi connectivity index (χ4n) is 2.95. The molecule has 2 amide bonds. The predicted octanol–water partition coefficient (Wildman–Crippen LogP) is 1.73. The Balaban J connectivity index is 1.85. The Labute approximate surface area is 150 Å². The van der Waals surface area contributed by atoms with Crippen molar-refractivity contribution < 1.29 is 13.2 Å². The Hall–Kier alpha value is -1.64. The van der Waals surface area contributed by atoms with Crippen molar-refractivity contribution in [1.82, 2.24) is 14.9 Å². The number of rotatable bonds is 7. The maximum Gasteiger partial charge on any atom is 0.319 e. The molecule has 1 saturated heterocycles. The van der Waals surface area contributed by atoms with E-state index in [0.717, 1.165) is 18.7 Å². The minimum Gasteiger partial charge on any atom is -0.337 e. The maximum absolute atomic E-state index is 11.9. The number of amides is 2. The summed E-state index contributed by atoms with van der Waals surface area (Å²) in [6.07, 6.45) is 3.76. The number of anilines is 1. The Kier molecular flexibility index (Phi) is 7.22. The molecule has 8 heteroatoms. The van der Waals surface area contributed by atoms with E-state index in [1.54, 1.807) is 0 Å². The normalized spacial score (nSPS) is 18.7. The Bertz CT molecular complexity index is 678. The lowest BCUT2D eigenvalue weighted by atomic mass is 10.0. The van der Waals surface area contributed by atoms with Crippen LogP contribution in [0.2, 0.25) is 0 Å². The minimum absolute atomic E-state index is 0.0555. The van der Waals surface area contributed by atoms with Gasteiger partial charge < -0.3 is 10.6 Å². The number of likely N-dealkylation sites (tertiary alicyclic amines) is 1. The highest BCUT2D eigenvalue weighted by Gasteiger charge is 2.18. The number of piperidine rings is 1. The van der Waals surface area contributed by atoms with E-state index in [-0.39, 0.29) is 12.3 Å². The summed E-state index contributed by atoms with van der Waals surface area (Å²) in [4.78, 5) is 14.4. The van der Waals surface area contributed by atoms with E-state index in [2.05, 4.69) is 33.2 Å². The third-order valence-electron chi connectivity index (χ3n) is 4.48. The number of urea groups is 1. The average molecular weight is 369 g/mol. The molecule has 3 N–H and O–H groups in total. The second-order valence-corrected chi connectivity index (χ2v) is 8.47. The molecule has 0 bridgehead atoms. The maximum atomic E-state index is 11.9. The van der Waals surface area contributed by atoms with Crippen molar-refractivity contribution in [2.75, 3.05) is 31.2 Å². The van der Waals surface area contributed by atoms with Crippen LogP contribution >= 0.6 is 0 Å². The number of benzene rings is 1. The van der Waals surface area contributed by atoms with E-state index in [0.29, 0.717) is 11.7 Å². The largest absolute Gasteiger partial charge is 0.337 e. The molecule has 2 rings (SSSR count). The molecule has 0 unspecified atom stereocenters. The number of carbonyl (C=O) groups is 1. The second-order valence-electron chi connectivity index (χ2n) is 6.42. The van der Waals surface area contributed by atoms with Crippen LogP contribution in [-0.4, -0.2) is 51.3 Å². The van der Waals surface area contributed by atoms with E-state index in [9.17, 15) is 13.2 Å². The Morgan fingerprint density at radius 3 is 2.84 bits per heavy atom. The van der Waals surface area contributed by atoms with Crippen molar-refractivity contribution in [3.05, 3.63) is 29.8 Å². The molecule has 140 valence electrons. The molecule has 1 aromatic rings. The second kappa shape index (κ2) is 9.17. The lowest BCUT2D eigenvalue weighted by molar-refractivity contribution is 0.152. The predicted molar refractivity (Wildman–Crippen MR) is 100 cm³/mol. The van der Waals surface area contributed by atoms with E-state index < -0.39 is 16.1 Å². The van der Waals surface area contributed by atoms with E-state index in [1.807, 2.05) is 18.2 Å². The van der Waals surface area contributed by atoms with E-state index in [4.69, 9.17) is 0 Å². The van der Waals surface area contributed by atoms with Crippen LogP contribution in [0.4, 0.5) is 10.5 Å². The first-order chi connectivity index (χ1) is 11.9. The molecule has 1 aromatic carbocycles. The molecule has 0 saturated carbocycles. The van der Waals surface area contributed by atoms with E-state index >= 15 is 0 Å². The highest BCUT2D eigenvalue weighted by Crippen LogP contribution is 2.20. The van der Waals surface area contributed by atoms with Crippen molar-refractivity contribution in [1.29, 1.82) is 0 Å². The molecule has 0 spiro atoms. The summed E-state index contributed by atoms with van der Waals surface area (Å²) >= 11 is 0. The topological polar surface area (TPSA) is 90.5 Å². The van der Waals surface area contributed by atoms with Crippen LogP contribution < -0.4 is 15.4 Å². The van der Waals surface area contributed by atoms with Gasteiger partial charge in [-0.25, -0.2) is 17.9 Å². The van der Waals surface area contributed by atoms with Gasteiger partial charge in [0.2, 0.25) is 10.0 Å². The molecule has 1 atom stereocenters. The zero-order valence-electron chi connectivity index (χ0n) is 14.9. The van der Waals surface area contributed by atoms with Crippen molar-refractivity contribution in [2.45, 2.75) is 38.8 Å². The van der Waals surface area contributed by atoms with Crippen molar-refractivity contribution in [3.63, 3.8) is 0 Å². The van der Waals surface area contributed by atoms with Crippen LogP contribution in [0.5, 0.6) is 0 Å². The number of hydrogen-bond acceptors (Lipinski definition) is 4. The standard InChI is InChI=1S/C17H28N4O3S/c1-14-6-3-4-10-21(14)13-15-7-5-8-16(12-15)20-17(22)19-9-11-25(23,24)18-2/h5,7-8,12,14,18H,3-4,6,9-11,13H2,1-2H3,(H2,19,20,22)/t14-/m1/s1. The van der Waals surface area contributed by atoms with Gasteiger partial charge in [-0.1, -0.05) is 18.6 Å². The van der Waals surface area contributed by atoms with Gasteiger partial charge in [-0.05, 0) is 51.1 Å². The quantitative estimate of drug-likeness (QED) is 0.684. The summed E-state index contributed by atoms with van der Waals surface area (Å²) in [6, 6.07) is 7.95. The summed E-state index contributed by atoms with van der Waals surface area (Å²) < 4.78 is 24.8. The van der Waals surface area contributed by atoms with Gasteiger partial charge in [0, 0.05) is 24.8 Å². The van der Waals surface area contributed by atoms with Crippen LogP contribution in [0.25, 0.3) is 0 Å². The molecule has 0 aromatic heterocycles. The Morgan fingerprint density at radius 1 is 1.32 bits per heavy atom. The number of sulfonamides is 1. The molecule has 1 fully saturated rings. The van der Waals surface area contributed by atoms with Gasteiger partial charge >= 0.3 is 6.03 Å². The molecule has 1 aliphatic heterocycles. The molecule has 7 nitrogen and oxygen atoms in total. The number of hydrogen-bond donors (Lipinski definition) is 3. The van der Waals surface area contributed by atoms with Crippen LogP contribution in [0.1, 0.15) is 31.7 Å². The van der Waals surface area contributed by atoms with Gasteiger partial charge in [-0.2, -0.15) is 0 Å². The molecule has 1 aliphatic rings. The van der Waals surface area contributed by atoms with Gasteiger partial charge in [-0.3, -0.25) is 4.90 Å². The fourth-order valence-corrected chi connectivity index (χ4v) is 3.53. The van der Waals surface area contributed by atoms with Crippen molar-refractivity contribution in [2.24, 2.45) is 0 Å². The average Bonchev–Trinajstić information content (AvgIpc) is 2.57. The van der Waals surface area contributed by atoms with Gasteiger partial charge in [0.15, 0.2) is 0 Å². The summed E-state index contributed by atoms with van der Waals surface area (Å²) in [5.74, 6) is -0.149. The highest BCUT2D eigenvalue weighted by atomic mass is 32.2. The van der Waals surface area contributed by atoms with Crippen LogP contribution in [0.3, 0.4) is 0 Å². The molecule has 0 radical (unpaired) electrons. The van der Waals surface area contributed by atoms with Crippen molar-refractivity contribution >= 4 is 21.7 Å². The number of nitrogens with one attached hydrogen (secondary N) is 3. The van der Waals surface area contributed by atoms with Crippen LogP contribution in [0.15, 0.2) is 24.3 Å². The molecule has 0 aliphatic carbocycles. The zero-order valence-corrected chi connectivity index (χ0v) is 15.7. The molecular formula is C17H28N4O3S. The minimum atomic E-state index is -3.31. The number of carbonyl (C=O) groups excluding carboxylic acids is 1. The molecular weight excluding hydrogens is 340 g/mol. The third-order valence-corrected chi connectivity index (χ3v) is 5.84. The molecule has 1 heterocycles. The highest BCUT2D eigenvalue weighted by molar-refractivity contribution is 7.89. The zero-order chi connectivity index (χ0) is 18.3. The van der Waals surface area contributed by atoms with Crippen LogP contribution in [0, 0.1) is 0 Å². The SMILES string of the molecule is CNS(=O)(=O)CCNC(=O)Nc1cccc(CN2CCCC[C@H]2C)c1. The fraction of sp³-hybridized carbons (Fsp3) is 0.588. The number of nitrogens with zero attached hydrogens (tertiary/aromatic N) is 1. The Morgan fingerprint density at radius 2 is 2.12 bits per heavy atom. The molecule has 25 heavy (non-hydrogen) atoms. The lowest BCUT2D eigenvalue weighted by Gasteiger charge is -2.33. The smallest absolute Gasteiger partial charge is 0.319 e. The van der Waals surface area contributed by atoms with Gasteiger partial charge in [-0.15, -0.1) is 0 Å². The first kappa shape index (κ1) is 19.7. The van der Waals surface area contributed by atoms with Gasteiger partial charge in [0.25, 0.3) is 0 Å². The van der Waals surface area contributed by atoms with E-state index in [1.165, 1.54) is 26.3 Å². The first-order valence-electron chi connectivity index (χ1n) is 8.68. The summed E-state index contributed by atoms with van der Waals surface area (Å²) in [7, 11) is -1.96. The van der Waals surface area contributed by atoms with Gasteiger partial charge in [0.1, 0.15) is 0 Å². The summed E-state index contributed by atoms with van der Waals surface area (Å²) in [5, 5.41) is 5.30. The van der Waals surface area contributed by atoms with Gasteiger partial charge in [0.05, 0.1) is 5.75 Å². The van der Waals surface area contributed by atoms with Crippen LogP contribution in [-0.2, 0) is 16.6 Å². The summed E-state index contributed by atoms with van der Waals surface area (Å²) in [6.45, 7) is 4.30.